The first-order valence-corrected chi connectivity index (χ1v) is 5.14. The van der Waals surface area contributed by atoms with Gasteiger partial charge in [0, 0.05) is 15.9 Å². The quantitative estimate of drug-likeness (QED) is 0.477. The van der Waals surface area contributed by atoms with Gasteiger partial charge >= 0.3 is 0 Å². The van der Waals surface area contributed by atoms with Crippen LogP contribution in [0.15, 0.2) is 35.2 Å². The highest BCUT2D eigenvalue weighted by molar-refractivity contribution is 8.06. The van der Waals surface area contributed by atoms with Gasteiger partial charge in [-0.05, 0) is 12.1 Å². The van der Waals surface area contributed by atoms with E-state index in [9.17, 15) is 0 Å². The number of thioether (sulfide) groups is 1. The molecule has 0 spiro atoms. The second kappa shape index (κ2) is 4.73. The first-order chi connectivity index (χ1) is 5.29. The minimum atomic E-state index is 1.000. The molecule has 11 heavy (non-hydrogen) atoms. The Morgan fingerprint density at radius 2 is 1.82 bits per heavy atom. The summed E-state index contributed by atoms with van der Waals surface area (Å²) >= 11 is 6.11. The van der Waals surface area contributed by atoms with Gasteiger partial charge in [-0.2, -0.15) is 11.8 Å². The summed E-state index contributed by atoms with van der Waals surface area (Å²) < 4.78 is 0. The largest absolute Gasteiger partial charge is 0.157 e. The van der Waals surface area contributed by atoms with E-state index in [0.717, 1.165) is 10.1 Å². The highest BCUT2D eigenvalue weighted by Gasteiger charge is 2.13. The van der Waals surface area contributed by atoms with Crippen LogP contribution in [0.5, 0.6) is 0 Å². The molecule has 0 aromatic heterocycles. The fourth-order valence-corrected chi connectivity index (χ4v) is 0.889. The zero-order chi connectivity index (χ0) is 8.10. The van der Waals surface area contributed by atoms with Crippen molar-refractivity contribution in [1.82, 2.24) is 0 Å². The molecule has 1 aromatic rings. The monoisotopic (exact) mass is 184 g/mol. The molecule has 1 heterocycles. The maximum absolute atomic E-state index is 4.08. The Bertz CT molecular complexity index is 192. The summed E-state index contributed by atoms with van der Waals surface area (Å²) in [5.41, 5.74) is 0. The smallest absolute Gasteiger partial charge is 0.0110 e. The van der Waals surface area contributed by atoms with E-state index in [0.29, 0.717) is 0 Å². The van der Waals surface area contributed by atoms with E-state index >= 15 is 0 Å². The van der Waals surface area contributed by atoms with E-state index in [1.165, 1.54) is 5.75 Å². The zero-order valence-corrected chi connectivity index (χ0v) is 8.24. The predicted octanol–water partition coefficient (Wildman–Crippen LogP) is 3.10. The van der Waals surface area contributed by atoms with Crippen molar-refractivity contribution >= 4 is 24.4 Å². The van der Waals surface area contributed by atoms with Crippen LogP contribution >= 0.6 is 24.4 Å². The third-order valence-corrected chi connectivity index (χ3v) is 2.55. The lowest BCUT2D eigenvalue weighted by Crippen LogP contribution is -1.57. The van der Waals surface area contributed by atoms with Crippen molar-refractivity contribution in [3.63, 3.8) is 0 Å². The van der Waals surface area contributed by atoms with Crippen molar-refractivity contribution in [1.29, 1.82) is 0 Å². The van der Waals surface area contributed by atoms with Crippen molar-refractivity contribution < 1.29 is 0 Å². The first kappa shape index (κ1) is 9.01. The van der Waals surface area contributed by atoms with Crippen molar-refractivity contribution in [3.05, 3.63) is 30.3 Å². The van der Waals surface area contributed by atoms with Crippen LogP contribution in [0, 0.1) is 0 Å². The van der Waals surface area contributed by atoms with Gasteiger partial charge in [-0.1, -0.05) is 25.1 Å². The number of hydrogen-bond acceptors (Lipinski definition) is 2. The number of rotatable bonds is 0. The Morgan fingerprint density at radius 1 is 1.36 bits per heavy atom. The van der Waals surface area contributed by atoms with Gasteiger partial charge in [0.2, 0.25) is 0 Å². The summed E-state index contributed by atoms with van der Waals surface area (Å²) in [6.07, 6.45) is 0. The third kappa shape index (κ3) is 5.22. The molecule has 1 fully saturated rings. The Hall–Kier alpha value is -0.0800. The number of thiol groups is 1. The average molecular weight is 184 g/mol. The summed E-state index contributed by atoms with van der Waals surface area (Å²) in [4.78, 5) is 1.02. The molecule has 2 rings (SSSR count). The van der Waals surface area contributed by atoms with Gasteiger partial charge in [-0.15, -0.1) is 12.6 Å². The van der Waals surface area contributed by atoms with E-state index in [1.807, 2.05) is 42.1 Å². The van der Waals surface area contributed by atoms with Crippen LogP contribution in [-0.4, -0.2) is 11.0 Å². The Balaban J connectivity index is 0.000000128. The van der Waals surface area contributed by atoms with E-state index < -0.39 is 0 Å². The lowest BCUT2D eigenvalue weighted by atomic mass is 10.4. The summed E-state index contributed by atoms with van der Waals surface area (Å²) in [7, 11) is 0. The molecule has 0 aliphatic carbocycles. The minimum Gasteiger partial charge on any atom is -0.157 e. The number of benzene rings is 1. The van der Waals surface area contributed by atoms with Crippen LogP contribution in [0.25, 0.3) is 0 Å². The van der Waals surface area contributed by atoms with Crippen molar-refractivity contribution in [2.75, 3.05) is 5.75 Å². The van der Waals surface area contributed by atoms with Crippen LogP contribution in [0.1, 0.15) is 6.92 Å². The molecular weight excluding hydrogens is 172 g/mol. The average Bonchev–Trinajstić information content (AvgIpc) is 2.75. The predicted molar refractivity (Wildman–Crippen MR) is 55.6 cm³/mol. The molecule has 0 radical (unpaired) electrons. The van der Waals surface area contributed by atoms with E-state index in [-0.39, 0.29) is 0 Å². The topological polar surface area (TPSA) is 0 Å². The third-order valence-electron chi connectivity index (χ3n) is 1.26. The lowest BCUT2D eigenvalue weighted by Gasteiger charge is -1.81. The Kier molecular flexibility index (Phi) is 3.87. The highest BCUT2D eigenvalue weighted by Crippen LogP contribution is 2.28. The number of hydrogen-bond donors (Lipinski definition) is 1. The molecule has 1 atom stereocenters. The second-order valence-electron chi connectivity index (χ2n) is 2.48. The van der Waals surface area contributed by atoms with E-state index in [2.05, 4.69) is 19.6 Å². The van der Waals surface area contributed by atoms with Gasteiger partial charge in [0.15, 0.2) is 0 Å². The molecule has 2 heteroatoms. The molecule has 1 aliphatic rings. The van der Waals surface area contributed by atoms with Crippen LogP contribution in [0.3, 0.4) is 0 Å². The Morgan fingerprint density at radius 3 is 2.00 bits per heavy atom. The standard InChI is InChI=1S/C6H6S.C3H6S/c7-6-4-2-1-3-5-6;1-3-2-4-3/h1-5,7H;3H,2H2,1H3. The molecule has 1 aliphatic heterocycles. The maximum atomic E-state index is 4.08. The van der Waals surface area contributed by atoms with Gasteiger partial charge in [0.05, 0.1) is 0 Å². The van der Waals surface area contributed by atoms with Crippen molar-refractivity contribution in [3.8, 4) is 0 Å². The van der Waals surface area contributed by atoms with Crippen molar-refractivity contribution in [2.45, 2.75) is 17.1 Å². The second-order valence-corrected chi connectivity index (χ2v) is 4.47. The molecule has 0 N–H and O–H groups in total. The fourth-order valence-electron chi connectivity index (χ4n) is 0.524. The van der Waals surface area contributed by atoms with Gasteiger partial charge in [-0.25, -0.2) is 0 Å². The molecule has 0 amide bonds. The van der Waals surface area contributed by atoms with Crippen LogP contribution in [0.2, 0.25) is 0 Å². The maximum Gasteiger partial charge on any atom is 0.0110 e. The van der Waals surface area contributed by atoms with Crippen LogP contribution in [-0.2, 0) is 0 Å². The molecular formula is C9H12S2. The van der Waals surface area contributed by atoms with E-state index in [1.54, 1.807) is 0 Å². The van der Waals surface area contributed by atoms with Gasteiger partial charge in [0.25, 0.3) is 0 Å². The Labute approximate surface area is 77.8 Å². The summed E-state index contributed by atoms with van der Waals surface area (Å²) in [5.74, 6) is 1.40. The molecule has 1 saturated heterocycles. The SMILES string of the molecule is CC1CS1.Sc1ccccc1. The normalized spacial score (nSPS) is 20.0. The summed E-state index contributed by atoms with van der Waals surface area (Å²) in [6.45, 7) is 2.24. The van der Waals surface area contributed by atoms with Crippen LogP contribution in [0.4, 0.5) is 0 Å². The molecule has 0 saturated carbocycles. The first-order valence-electron chi connectivity index (χ1n) is 3.64. The lowest BCUT2D eigenvalue weighted by molar-refractivity contribution is 1.25. The summed E-state index contributed by atoms with van der Waals surface area (Å²) in [5, 5.41) is 1.000. The van der Waals surface area contributed by atoms with Gasteiger partial charge in [0.1, 0.15) is 0 Å². The van der Waals surface area contributed by atoms with Crippen molar-refractivity contribution in [2.24, 2.45) is 0 Å². The molecule has 0 bridgehead atoms. The molecule has 0 nitrogen and oxygen atoms in total. The molecule has 1 unspecified atom stereocenters. The van der Waals surface area contributed by atoms with Gasteiger partial charge in [-0.3, -0.25) is 0 Å². The molecule has 1 aromatic carbocycles. The fraction of sp³-hybridized carbons (Fsp3) is 0.333. The van der Waals surface area contributed by atoms with E-state index in [4.69, 9.17) is 0 Å². The van der Waals surface area contributed by atoms with Gasteiger partial charge < -0.3 is 0 Å². The minimum absolute atomic E-state index is 1.000. The zero-order valence-electron chi connectivity index (χ0n) is 6.53. The van der Waals surface area contributed by atoms with Crippen LogP contribution < -0.4 is 0 Å². The highest BCUT2D eigenvalue weighted by atomic mass is 32.2. The summed E-state index contributed by atoms with van der Waals surface area (Å²) in [6, 6.07) is 9.79. The molecule has 60 valence electrons.